The van der Waals surface area contributed by atoms with E-state index < -0.39 is 27.0 Å². The molecule has 3 N–H and O–H groups in total. The fraction of sp³-hybridized carbons (Fsp3) is 0.375. The van der Waals surface area contributed by atoms with Gasteiger partial charge in [-0.2, -0.15) is 4.98 Å². The van der Waals surface area contributed by atoms with Gasteiger partial charge in [-0.05, 0) is 26.0 Å². The van der Waals surface area contributed by atoms with E-state index in [1.807, 2.05) is 6.92 Å². The van der Waals surface area contributed by atoms with E-state index in [0.29, 0.717) is 24.0 Å². The van der Waals surface area contributed by atoms with Crippen molar-refractivity contribution in [3.63, 3.8) is 0 Å². The third-order valence-corrected chi connectivity index (χ3v) is 4.78. The van der Waals surface area contributed by atoms with Crippen molar-refractivity contribution in [2.24, 2.45) is 0 Å². The van der Waals surface area contributed by atoms with E-state index >= 15 is 0 Å². The molecule has 0 aliphatic carbocycles. The Kier molecular flexibility index (Phi) is 7.02. The number of rotatable bonds is 9. The summed E-state index contributed by atoms with van der Waals surface area (Å²) in [5.41, 5.74) is 0.715. The van der Waals surface area contributed by atoms with E-state index in [9.17, 15) is 21.6 Å². The van der Waals surface area contributed by atoms with Crippen molar-refractivity contribution in [2.45, 2.75) is 25.1 Å². The van der Waals surface area contributed by atoms with E-state index in [1.54, 1.807) is 13.0 Å². The van der Waals surface area contributed by atoms with Crippen LogP contribution in [0.5, 0.6) is 5.75 Å². The second kappa shape index (κ2) is 9.06. The van der Waals surface area contributed by atoms with Crippen LogP contribution in [0.1, 0.15) is 12.6 Å². The summed E-state index contributed by atoms with van der Waals surface area (Å²) >= 11 is 0. The van der Waals surface area contributed by atoms with Crippen LogP contribution < -0.4 is 20.1 Å². The zero-order valence-electron chi connectivity index (χ0n) is 15.2. The Morgan fingerprint density at radius 2 is 1.82 bits per heavy atom. The number of benzene rings is 1. The molecule has 1 heterocycles. The summed E-state index contributed by atoms with van der Waals surface area (Å²) in [4.78, 5) is 7.81. The topological polar surface area (TPSA) is 105 Å². The van der Waals surface area contributed by atoms with Gasteiger partial charge >= 0.3 is 6.36 Å². The van der Waals surface area contributed by atoms with Gasteiger partial charge in [-0.3, -0.25) is 0 Å². The first-order chi connectivity index (χ1) is 13.1. The highest BCUT2D eigenvalue weighted by Crippen LogP contribution is 2.29. The number of halogens is 3. The summed E-state index contributed by atoms with van der Waals surface area (Å²) in [7, 11) is -4.20. The van der Waals surface area contributed by atoms with Crippen LogP contribution in [-0.4, -0.2) is 44.4 Å². The lowest BCUT2D eigenvalue weighted by molar-refractivity contribution is -0.275. The predicted octanol–water partition coefficient (Wildman–Crippen LogP) is 2.51. The van der Waals surface area contributed by atoms with Crippen molar-refractivity contribution < 1.29 is 26.3 Å². The molecule has 2 aromatic rings. The summed E-state index contributed by atoms with van der Waals surface area (Å²) in [5, 5.41) is 5.90. The van der Waals surface area contributed by atoms with Gasteiger partial charge in [-0.1, -0.05) is 12.1 Å². The fourth-order valence-electron chi connectivity index (χ4n) is 2.23. The maximum absolute atomic E-state index is 12.5. The number of para-hydroxylation sites is 1. The number of sulfonamides is 1. The molecule has 0 aliphatic heterocycles. The van der Waals surface area contributed by atoms with E-state index in [1.165, 1.54) is 12.1 Å². The van der Waals surface area contributed by atoms with Crippen molar-refractivity contribution in [1.82, 2.24) is 14.7 Å². The molecule has 0 radical (unpaired) electrons. The SMILES string of the molecule is CCNc1nc(C)cc(NCCNS(=O)(=O)c2ccccc2OC(F)(F)F)n1. The smallest absolute Gasteiger partial charge is 0.404 e. The molecule has 0 spiro atoms. The summed E-state index contributed by atoms with van der Waals surface area (Å²) < 4.78 is 68.0. The highest BCUT2D eigenvalue weighted by Gasteiger charge is 2.33. The van der Waals surface area contributed by atoms with Gasteiger partial charge < -0.3 is 15.4 Å². The van der Waals surface area contributed by atoms with Gasteiger partial charge in [0.15, 0.2) is 0 Å². The number of ether oxygens (including phenoxy) is 1. The molecule has 0 unspecified atom stereocenters. The van der Waals surface area contributed by atoms with E-state index in [-0.39, 0.29) is 13.1 Å². The molecule has 1 aromatic heterocycles. The van der Waals surface area contributed by atoms with Gasteiger partial charge in [0, 0.05) is 31.4 Å². The largest absolute Gasteiger partial charge is 0.573 e. The Labute approximate surface area is 160 Å². The number of nitrogens with one attached hydrogen (secondary N) is 3. The van der Waals surface area contributed by atoms with Crippen molar-refractivity contribution in [2.75, 3.05) is 30.3 Å². The van der Waals surface area contributed by atoms with Crippen LogP contribution >= 0.6 is 0 Å². The number of alkyl halides is 3. The van der Waals surface area contributed by atoms with E-state index in [4.69, 9.17) is 0 Å². The Bertz CT molecular complexity index is 907. The van der Waals surface area contributed by atoms with Crippen molar-refractivity contribution >= 4 is 21.8 Å². The third kappa shape index (κ3) is 6.53. The van der Waals surface area contributed by atoms with Crippen LogP contribution in [0.2, 0.25) is 0 Å². The van der Waals surface area contributed by atoms with Crippen LogP contribution in [0, 0.1) is 6.92 Å². The molecule has 0 saturated carbocycles. The summed E-state index contributed by atoms with van der Waals surface area (Å²) in [6, 6.07) is 6.21. The summed E-state index contributed by atoms with van der Waals surface area (Å²) in [6.45, 7) is 4.40. The van der Waals surface area contributed by atoms with Crippen LogP contribution in [0.15, 0.2) is 35.2 Å². The standard InChI is InChI=1S/C16H20F3N5O3S/c1-3-20-15-23-11(2)10-14(24-15)21-8-9-22-28(25,26)13-7-5-4-6-12(13)27-16(17,18)19/h4-7,10,22H,3,8-9H2,1-2H3,(H2,20,21,23,24). The second-order valence-corrected chi connectivity index (χ2v) is 7.30. The van der Waals surface area contributed by atoms with E-state index in [2.05, 4.69) is 30.1 Å². The van der Waals surface area contributed by atoms with E-state index in [0.717, 1.165) is 12.1 Å². The van der Waals surface area contributed by atoms with Gasteiger partial charge in [-0.25, -0.2) is 18.1 Å². The molecular formula is C16H20F3N5O3S. The maximum atomic E-state index is 12.5. The average molecular weight is 419 g/mol. The number of aryl methyl sites for hydroxylation is 1. The summed E-state index contributed by atoms with van der Waals surface area (Å²) in [5.74, 6) is 0.129. The molecule has 0 saturated heterocycles. The predicted molar refractivity (Wildman–Crippen MR) is 97.7 cm³/mol. The lowest BCUT2D eigenvalue weighted by Crippen LogP contribution is -2.30. The lowest BCUT2D eigenvalue weighted by atomic mass is 10.3. The monoisotopic (exact) mass is 419 g/mol. The zero-order valence-corrected chi connectivity index (χ0v) is 16.0. The molecule has 28 heavy (non-hydrogen) atoms. The highest BCUT2D eigenvalue weighted by molar-refractivity contribution is 7.89. The quantitative estimate of drug-likeness (QED) is 0.537. The molecule has 12 heteroatoms. The minimum absolute atomic E-state index is 0.0811. The first-order valence-corrected chi connectivity index (χ1v) is 9.77. The van der Waals surface area contributed by atoms with Crippen molar-refractivity contribution in [3.05, 3.63) is 36.0 Å². The first kappa shape index (κ1) is 21.7. The van der Waals surface area contributed by atoms with Gasteiger partial charge in [0.25, 0.3) is 0 Å². The van der Waals surface area contributed by atoms with Crippen LogP contribution in [-0.2, 0) is 10.0 Å². The normalized spacial score (nSPS) is 11.9. The molecule has 0 amide bonds. The molecule has 0 aliphatic rings. The Balaban J connectivity index is 2.00. The van der Waals surface area contributed by atoms with Crippen molar-refractivity contribution in [1.29, 1.82) is 0 Å². The maximum Gasteiger partial charge on any atom is 0.573 e. The Hall–Kier alpha value is -2.60. The second-order valence-electron chi connectivity index (χ2n) is 5.57. The number of hydrogen-bond acceptors (Lipinski definition) is 7. The van der Waals surface area contributed by atoms with Gasteiger partial charge in [0.05, 0.1) is 0 Å². The molecule has 1 aromatic carbocycles. The third-order valence-electron chi connectivity index (χ3n) is 3.28. The summed E-state index contributed by atoms with van der Waals surface area (Å²) in [6.07, 6.45) is -5.00. The fourth-order valence-corrected chi connectivity index (χ4v) is 3.39. The molecule has 0 fully saturated rings. The van der Waals surface area contributed by atoms with Gasteiger partial charge in [0.1, 0.15) is 16.5 Å². The number of aromatic nitrogens is 2. The molecule has 154 valence electrons. The van der Waals surface area contributed by atoms with Gasteiger partial charge in [-0.15, -0.1) is 13.2 Å². The highest BCUT2D eigenvalue weighted by atomic mass is 32.2. The first-order valence-electron chi connectivity index (χ1n) is 8.28. The van der Waals surface area contributed by atoms with Crippen LogP contribution in [0.3, 0.4) is 0 Å². The molecule has 0 bridgehead atoms. The molecule has 8 nitrogen and oxygen atoms in total. The number of hydrogen-bond donors (Lipinski definition) is 3. The van der Waals surface area contributed by atoms with Crippen LogP contribution in [0.4, 0.5) is 24.9 Å². The lowest BCUT2D eigenvalue weighted by Gasteiger charge is -2.14. The Morgan fingerprint density at radius 3 is 2.50 bits per heavy atom. The molecular weight excluding hydrogens is 399 g/mol. The van der Waals surface area contributed by atoms with Gasteiger partial charge in [0.2, 0.25) is 16.0 Å². The molecule has 2 rings (SSSR count). The number of anilines is 2. The number of nitrogens with zero attached hydrogens (tertiary/aromatic N) is 2. The zero-order chi connectivity index (χ0) is 20.8. The average Bonchev–Trinajstić information content (AvgIpc) is 2.57. The minimum atomic E-state index is -5.00. The minimum Gasteiger partial charge on any atom is -0.404 e. The molecule has 0 atom stereocenters. The van der Waals surface area contributed by atoms with Crippen LogP contribution in [0.25, 0.3) is 0 Å². The van der Waals surface area contributed by atoms with Crippen molar-refractivity contribution in [3.8, 4) is 5.75 Å². The Morgan fingerprint density at radius 1 is 1.11 bits per heavy atom.